The van der Waals surface area contributed by atoms with Crippen LogP contribution in [0.5, 0.6) is 5.75 Å². The summed E-state index contributed by atoms with van der Waals surface area (Å²) >= 11 is 0. The Bertz CT molecular complexity index is 1890. The Hall–Kier alpha value is -3.83. The van der Waals surface area contributed by atoms with Crippen molar-refractivity contribution in [1.82, 2.24) is 0 Å². The van der Waals surface area contributed by atoms with Crippen LogP contribution in [-0.4, -0.2) is 106 Å². The normalized spacial score (nSPS) is 26.5. The second kappa shape index (κ2) is 12.2. The minimum absolute atomic E-state index is 0.187. The Morgan fingerprint density at radius 3 is 2.69 bits per heavy atom. The van der Waals surface area contributed by atoms with E-state index in [1.54, 1.807) is 31.5 Å². The van der Waals surface area contributed by atoms with E-state index in [0.717, 1.165) is 27.6 Å². The fraction of sp³-hybridized carbons (Fsp3) is 0.441. The second-order valence-electron chi connectivity index (χ2n) is 13.5. The Labute approximate surface area is 275 Å². The monoisotopic (exact) mass is 664 g/mol. The molecule has 254 valence electrons. The van der Waals surface area contributed by atoms with Crippen molar-refractivity contribution in [3.05, 3.63) is 80.8 Å². The van der Waals surface area contributed by atoms with Crippen molar-refractivity contribution in [3.8, 4) is 5.75 Å². The smallest absolute Gasteiger partial charge is 0.222 e. The highest BCUT2D eigenvalue weighted by atomic mass is 17.2. The third kappa shape index (κ3) is 5.58. The van der Waals surface area contributed by atoms with Crippen LogP contribution in [0.1, 0.15) is 25.2 Å². The molecule has 14 heteroatoms. The molecule has 0 amide bonds. The number of aliphatic imine (C=N–C) groups is 2. The molecule has 1 aromatic carbocycles. The number of aryl methyl sites for hydroxylation is 1. The maximum Gasteiger partial charge on any atom is 0.222 e. The quantitative estimate of drug-likeness (QED) is 0.105. The van der Waals surface area contributed by atoms with E-state index in [9.17, 15) is 30.3 Å². The first-order valence-electron chi connectivity index (χ1n) is 16.0. The lowest BCUT2D eigenvalue weighted by molar-refractivity contribution is -0.856. The van der Waals surface area contributed by atoms with Gasteiger partial charge in [0.2, 0.25) is 11.3 Å². The molecule has 0 saturated carbocycles. The zero-order valence-corrected chi connectivity index (χ0v) is 26.8. The van der Waals surface area contributed by atoms with Gasteiger partial charge in [-0.05, 0) is 32.9 Å². The Balaban J connectivity index is 1.12. The van der Waals surface area contributed by atoms with E-state index in [2.05, 4.69) is 9.98 Å². The van der Waals surface area contributed by atoms with E-state index in [-0.39, 0.29) is 18.4 Å². The molecule has 0 bridgehead atoms. The minimum Gasteiger partial charge on any atom is -0.478 e. The molecule has 0 spiro atoms. The topological polar surface area (TPSA) is 193 Å². The van der Waals surface area contributed by atoms with E-state index in [0.29, 0.717) is 51.7 Å². The van der Waals surface area contributed by atoms with Crippen molar-refractivity contribution in [1.29, 1.82) is 0 Å². The highest BCUT2D eigenvalue weighted by molar-refractivity contribution is 5.90. The number of fused-ring (bicyclic) bond motifs is 4. The molecule has 1 aromatic heterocycles. The predicted molar refractivity (Wildman–Crippen MR) is 172 cm³/mol. The third-order valence-electron chi connectivity index (χ3n) is 9.75. The SMILES string of the molecule is Cc1cc(=O)c2cc3c(c([NH+]4C=C5N=CC=C5C4)c2o1)OC(C)(C)[C@H](OOC[C@H](O)[C@](O)(C[NH+]1CC=C2N=CC=C21)[C@H](O)[C@H](O)CO)C3. The predicted octanol–water partition coefficient (Wildman–Crippen LogP) is -1.93. The first-order valence-corrected chi connectivity index (χ1v) is 16.0. The van der Waals surface area contributed by atoms with E-state index in [1.807, 2.05) is 32.2 Å². The molecule has 0 radical (unpaired) electrons. The zero-order valence-electron chi connectivity index (χ0n) is 26.8. The molecule has 5 aliphatic heterocycles. The number of hydrogen-bond donors (Lipinski definition) is 7. The number of nitrogens with zero attached hydrogens (tertiary/aromatic N) is 2. The van der Waals surface area contributed by atoms with Gasteiger partial charge < -0.3 is 34.7 Å². The summed E-state index contributed by atoms with van der Waals surface area (Å²) in [6.45, 7) is 4.80. The lowest BCUT2D eigenvalue weighted by Crippen LogP contribution is -3.11. The molecule has 2 unspecified atom stereocenters. The number of hydrogen-bond acceptors (Lipinski definition) is 12. The molecule has 7 rings (SSSR count). The van der Waals surface area contributed by atoms with Crippen LogP contribution in [0.2, 0.25) is 0 Å². The number of aliphatic hydroxyl groups excluding tert-OH is 4. The molecule has 14 nitrogen and oxygen atoms in total. The number of rotatable bonds is 11. The highest BCUT2D eigenvalue weighted by Crippen LogP contribution is 2.43. The molecular weight excluding hydrogens is 624 g/mol. The first kappa shape index (κ1) is 32.7. The lowest BCUT2D eigenvalue weighted by Gasteiger charge is -2.40. The summed E-state index contributed by atoms with van der Waals surface area (Å²) in [4.78, 5) is 34.8. The van der Waals surface area contributed by atoms with Crippen LogP contribution in [0.15, 0.2) is 78.4 Å². The molecule has 7 atom stereocenters. The molecule has 6 heterocycles. The van der Waals surface area contributed by atoms with Gasteiger partial charge >= 0.3 is 0 Å². The van der Waals surface area contributed by atoms with Crippen molar-refractivity contribution in [2.45, 2.75) is 62.8 Å². The molecule has 5 aliphatic rings. The summed E-state index contributed by atoms with van der Waals surface area (Å²) in [5, 5.41) is 53.9. The van der Waals surface area contributed by atoms with Crippen LogP contribution in [0, 0.1) is 6.92 Å². The van der Waals surface area contributed by atoms with Crippen molar-refractivity contribution in [3.63, 3.8) is 0 Å². The molecule has 2 aromatic rings. The van der Waals surface area contributed by atoms with Crippen LogP contribution in [-0.2, 0) is 16.2 Å². The standard InChI is InChI=1S/C34H38N4O10/c1-18-10-25(40)21-11-20-12-28(33(2,3)47-30(20)29(31(21)46-18)38-13-19-4-7-36-23(19)14-38)48-45-16-27(42)34(44,32(43)26(41)15-39)17-37-9-6-22-24(37)5-8-35-22/h4-8,10-11,14,26-28,32,39,41-44H,9,12-13,15-17H2,1-3H3/p+2/t26-,27+,28-,32-,34-/m1/s1. The fourth-order valence-electron chi connectivity index (χ4n) is 7.00. The van der Waals surface area contributed by atoms with Gasteiger partial charge in [-0.1, -0.05) is 0 Å². The summed E-state index contributed by atoms with van der Waals surface area (Å²) in [5.41, 5.74) is 1.82. The fourth-order valence-corrected chi connectivity index (χ4v) is 7.00. The number of allylic oxidation sites excluding steroid dienone is 2. The molecular formula is C34H40N4O10+2. The Morgan fingerprint density at radius 2 is 1.92 bits per heavy atom. The average Bonchev–Trinajstić information content (AvgIpc) is 3.83. The molecule has 48 heavy (non-hydrogen) atoms. The van der Waals surface area contributed by atoms with E-state index in [1.165, 1.54) is 6.07 Å². The number of aliphatic hydroxyl groups is 5. The van der Waals surface area contributed by atoms with Crippen LogP contribution >= 0.6 is 0 Å². The van der Waals surface area contributed by atoms with Crippen LogP contribution in [0.3, 0.4) is 0 Å². The largest absolute Gasteiger partial charge is 0.478 e. The Kier molecular flexibility index (Phi) is 8.35. The van der Waals surface area contributed by atoms with Gasteiger partial charge in [0.15, 0.2) is 22.5 Å². The van der Waals surface area contributed by atoms with Gasteiger partial charge in [-0.15, -0.1) is 0 Å². The zero-order chi connectivity index (χ0) is 34.0. The van der Waals surface area contributed by atoms with Crippen molar-refractivity contribution < 1.29 is 54.3 Å². The minimum atomic E-state index is -2.30. The maximum atomic E-state index is 13.2. The van der Waals surface area contributed by atoms with Crippen LogP contribution in [0.25, 0.3) is 11.0 Å². The van der Waals surface area contributed by atoms with E-state index < -0.39 is 48.8 Å². The summed E-state index contributed by atoms with van der Waals surface area (Å²) in [7, 11) is 0. The average molecular weight is 665 g/mol. The van der Waals surface area contributed by atoms with Crippen molar-refractivity contribution in [2.75, 3.05) is 32.8 Å². The van der Waals surface area contributed by atoms with Gasteiger partial charge in [-0.3, -0.25) is 24.6 Å². The molecule has 0 saturated heterocycles. The highest BCUT2D eigenvalue weighted by Gasteiger charge is 2.51. The molecule has 7 N–H and O–H groups in total. The summed E-state index contributed by atoms with van der Waals surface area (Å²) in [6, 6.07) is 3.19. The summed E-state index contributed by atoms with van der Waals surface area (Å²) < 4.78 is 12.8. The van der Waals surface area contributed by atoms with Crippen LogP contribution < -0.4 is 20.0 Å². The van der Waals surface area contributed by atoms with Gasteiger partial charge in [0, 0.05) is 48.2 Å². The number of benzene rings is 1. The van der Waals surface area contributed by atoms with Gasteiger partial charge in [-0.25, -0.2) is 9.78 Å². The Morgan fingerprint density at radius 1 is 1.15 bits per heavy atom. The third-order valence-corrected chi connectivity index (χ3v) is 9.75. The number of nitrogens with one attached hydrogen (secondary N) is 2. The van der Waals surface area contributed by atoms with Gasteiger partial charge in [0.05, 0.1) is 12.0 Å². The lowest BCUT2D eigenvalue weighted by atomic mass is 9.86. The van der Waals surface area contributed by atoms with Crippen LogP contribution in [0.4, 0.5) is 5.69 Å². The van der Waals surface area contributed by atoms with Gasteiger partial charge in [0.1, 0.15) is 79.6 Å². The first-order chi connectivity index (χ1) is 22.9. The number of ether oxygens (including phenoxy) is 1. The van der Waals surface area contributed by atoms with Gasteiger partial charge in [-0.2, -0.15) is 0 Å². The summed E-state index contributed by atoms with van der Waals surface area (Å²) in [6.07, 6.45) is 5.15. The second-order valence-corrected chi connectivity index (χ2v) is 13.5. The van der Waals surface area contributed by atoms with Crippen molar-refractivity contribution in [2.24, 2.45) is 9.98 Å². The maximum absolute atomic E-state index is 13.2. The molecule has 0 aliphatic carbocycles. The summed E-state index contributed by atoms with van der Waals surface area (Å²) in [5.74, 6) is 1.05. The van der Waals surface area contributed by atoms with E-state index >= 15 is 0 Å². The van der Waals surface area contributed by atoms with E-state index in [4.69, 9.17) is 18.9 Å². The molecule has 0 fully saturated rings. The van der Waals surface area contributed by atoms with Gasteiger partial charge in [0.25, 0.3) is 0 Å². The number of quaternary nitrogens is 2. The van der Waals surface area contributed by atoms with Crippen molar-refractivity contribution >= 4 is 29.1 Å².